The Balaban J connectivity index is 2.17. The smallest absolute Gasteiger partial charge is 0.251 e. The van der Waals surface area contributed by atoms with Gasteiger partial charge in [-0.1, -0.05) is 6.07 Å². The third kappa shape index (κ3) is 4.13. The SMILES string of the molecule is Cc1ccc(NC(=O)C2(CN)CCOCC2)cc1C(=O)NC(C)C. The first-order valence-electron chi connectivity index (χ1n) is 8.39. The summed E-state index contributed by atoms with van der Waals surface area (Å²) >= 11 is 0. The zero-order chi connectivity index (χ0) is 17.7. The lowest BCUT2D eigenvalue weighted by Crippen LogP contribution is -2.46. The summed E-state index contributed by atoms with van der Waals surface area (Å²) in [6.45, 7) is 7.07. The van der Waals surface area contributed by atoms with Crippen molar-refractivity contribution in [2.75, 3.05) is 25.1 Å². The summed E-state index contributed by atoms with van der Waals surface area (Å²) in [5, 5.41) is 5.80. The van der Waals surface area contributed by atoms with Gasteiger partial charge in [0.1, 0.15) is 0 Å². The minimum absolute atomic E-state index is 0.0536. The van der Waals surface area contributed by atoms with Crippen LogP contribution in [0, 0.1) is 12.3 Å². The Morgan fingerprint density at radius 3 is 2.54 bits per heavy atom. The molecule has 0 atom stereocenters. The van der Waals surface area contributed by atoms with Gasteiger partial charge >= 0.3 is 0 Å². The molecule has 2 rings (SSSR count). The number of nitrogens with one attached hydrogen (secondary N) is 2. The molecule has 1 aromatic carbocycles. The second-order valence-corrected chi connectivity index (χ2v) is 6.71. The summed E-state index contributed by atoms with van der Waals surface area (Å²) in [4.78, 5) is 25.0. The van der Waals surface area contributed by atoms with Crippen molar-refractivity contribution in [1.29, 1.82) is 0 Å². The molecule has 1 fully saturated rings. The molecule has 1 aliphatic rings. The summed E-state index contributed by atoms with van der Waals surface area (Å²) in [6.07, 6.45) is 1.23. The van der Waals surface area contributed by atoms with Gasteiger partial charge in [0.05, 0.1) is 5.41 Å². The van der Waals surface area contributed by atoms with Crippen LogP contribution in [0.15, 0.2) is 18.2 Å². The fourth-order valence-electron chi connectivity index (χ4n) is 2.83. The first-order valence-corrected chi connectivity index (χ1v) is 8.39. The summed E-state index contributed by atoms with van der Waals surface area (Å²) in [7, 11) is 0. The van der Waals surface area contributed by atoms with Gasteiger partial charge in [-0.2, -0.15) is 0 Å². The zero-order valence-corrected chi connectivity index (χ0v) is 14.6. The van der Waals surface area contributed by atoms with Gasteiger partial charge in [-0.05, 0) is 51.3 Å². The molecule has 1 aromatic rings. The van der Waals surface area contributed by atoms with Crippen LogP contribution in [-0.4, -0.2) is 37.6 Å². The Labute approximate surface area is 143 Å². The van der Waals surface area contributed by atoms with Crippen molar-refractivity contribution < 1.29 is 14.3 Å². The lowest BCUT2D eigenvalue weighted by atomic mass is 9.79. The lowest BCUT2D eigenvalue weighted by molar-refractivity contribution is -0.130. The predicted molar refractivity (Wildman–Crippen MR) is 94.0 cm³/mol. The van der Waals surface area contributed by atoms with Crippen LogP contribution in [0.1, 0.15) is 42.6 Å². The van der Waals surface area contributed by atoms with Gasteiger partial charge in [0, 0.05) is 37.1 Å². The Hall–Kier alpha value is -1.92. The number of carbonyl (C=O) groups excluding carboxylic acids is 2. The van der Waals surface area contributed by atoms with Crippen LogP contribution >= 0.6 is 0 Å². The maximum absolute atomic E-state index is 12.7. The molecule has 0 saturated carbocycles. The van der Waals surface area contributed by atoms with Gasteiger partial charge in [-0.25, -0.2) is 0 Å². The van der Waals surface area contributed by atoms with Gasteiger partial charge in [0.15, 0.2) is 0 Å². The fraction of sp³-hybridized carbons (Fsp3) is 0.556. The van der Waals surface area contributed by atoms with Gasteiger partial charge in [0.2, 0.25) is 5.91 Å². The number of ether oxygens (including phenoxy) is 1. The van der Waals surface area contributed by atoms with Crippen LogP contribution in [0.2, 0.25) is 0 Å². The number of nitrogens with two attached hydrogens (primary N) is 1. The molecule has 4 N–H and O–H groups in total. The van der Waals surface area contributed by atoms with E-state index >= 15 is 0 Å². The van der Waals surface area contributed by atoms with Gasteiger partial charge in [-0.15, -0.1) is 0 Å². The molecule has 2 amide bonds. The first-order chi connectivity index (χ1) is 11.4. The van der Waals surface area contributed by atoms with E-state index in [1.807, 2.05) is 32.9 Å². The number of anilines is 1. The molecule has 0 radical (unpaired) electrons. The second-order valence-electron chi connectivity index (χ2n) is 6.71. The molecule has 0 bridgehead atoms. The van der Waals surface area contributed by atoms with E-state index in [4.69, 9.17) is 10.5 Å². The molecule has 6 nitrogen and oxygen atoms in total. The lowest BCUT2D eigenvalue weighted by Gasteiger charge is -2.34. The summed E-state index contributed by atoms with van der Waals surface area (Å²) in [6, 6.07) is 5.42. The molecule has 0 aromatic heterocycles. The Kier molecular flexibility index (Phi) is 5.96. The number of rotatable bonds is 5. The van der Waals surface area contributed by atoms with Crippen LogP contribution in [0.5, 0.6) is 0 Å². The van der Waals surface area contributed by atoms with Crippen LogP contribution < -0.4 is 16.4 Å². The van der Waals surface area contributed by atoms with Crippen molar-refractivity contribution in [3.63, 3.8) is 0 Å². The molecule has 132 valence electrons. The molecule has 0 aliphatic carbocycles. The molecule has 1 aliphatic heterocycles. The molecule has 6 heteroatoms. The van der Waals surface area contributed by atoms with Gasteiger partial charge in [0.25, 0.3) is 5.91 Å². The van der Waals surface area contributed by atoms with Crippen LogP contribution in [0.3, 0.4) is 0 Å². The predicted octanol–water partition coefficient (Wildman–Crippen LogP) is 1.83. The van der Waals surface area contributed by atoms with Gasteiger partial charge < -0.3 is 21.1 Å². The highest BCUT2D eigenvalue weighted by Crippen LogP contribution is 2.31. The highest BCUT2D eigenvalue weighted by molar-refractivity contribution is 5.99. The quantitative estimate of drug-likeness (QED) is 0.766. The molecule has 0 unspecified atom stereocenters. The van der Waals surface area contributed by atoms with E-state index in [2.05, 4.69) is 10.6 Å². The van der Waals surface area contributed by atoms with Crippen molar-refractivity contribution in [3.05, 3.63) is 29.3 Å². The molecule has 1 heterocycles. The number of benzene rings is 1. The normalized spacial score (nSPS) is 16.7. The van der Waals surface area contributed by atoms with E-state index in [1.54, 1.807) is 6.07 Å². The number of hydrogen-bond acceptors (Lipinski definition) is 4. The molecule has 24 heavy (non-hydrogen) atoms. The number of carbonyl (C=O) groups is 2. The summed E-state index contributed by atoms with van der Waals surface area (Å²) in [5.74, 6) is -0.245. The topological polar surface area (TPSA) is 93.5 Å². The third-order valence-electron chi connectivity index (χ3n) is 4.48. The molecule has 0 spiro atoms. The minimum atomic E-state index is -0.594. The minimum Gasteiger partial charge on any atom is -0.381 e. The first kappa shape index (κ1) is 18.4. The van der Waals surface area contributed by atoms with Crippen LogP contribution in [-0.2, 0) is 9.53 Å². The Morgan fingerprint density at radius 2 is 1.96 bits per heavy atom. The number of amides is 2. The molecular weight excluding hydrogens is 306 g/mol. The average Bonchev–Trinajstić information content (AvgIpc) is 2.56. The number of hydrogen-bond donors (Lipinski definition) is 3. The standard InChI is InChI=1S/C18H27N3O3/c1-12(2)20-16(22)15-10-14(5-4-13(15)3)21-17(23)18(11-19)6-8-24-9-7-18/h4-5,10,12H,6-9,11,19H2,1-3H3,(H,20,22)(H,21,23). The van der Waals surface area contributed by atoms with E-state index in [0.29, 0.717) is 37.3 Å². The molecular formula is C18H27N3O3. The van der Waals surface area contributed by atoms with Crippen LogP contribution in [0.25, 0.3) is 0 Å². The van der Waals surface area contributed by atoms with Gasteiger partial charge in [-0.3, -0.25) is 9.59 Å². The Morgan fingerprint density at radius 1 is 1.29 bits per heavy atom. The van der Waals surface area contributed by atoms with E-state index in [0.717, 1.165) is 5.56 Å². The van der Waals surface area contributed by atoms with Crippen molar-refractivity contribution in [3.8, 4) is 0 Å². The van der Waals surface area contributed by atoms with Crippen molar-refractivity contribution in [2.45, 2.75) is 39.7 Å². The summed E-state index contributed by atoms with van der Waals surface area (Å²) < 4.78 is 5.34. The third-order valence-corrected chi connectivity index (χ3v) is 4.48. The van der Waals surface area contributed by atoms with E-state index in [-0.39, 0.29) is 24.4 Å². The monoisotopic (exact) mass is 333 g/mol. The van der Waals surface area contributed by atoms with Crippen molar-refractivity contribution in [2.24, 2.45) is 11.1 Å². The Bertz CT molecular complexity index is 608. The maximum atomic E-state index is 12.7. The summed E-state index contributed by atoms with van der Waals surface area (Å²) in [5.41, 5.74) is 7.32. The van der Waals surface area contributed by atoms with E-state index < -0.39 is 5.41 Å². The maximum Gasteiger partial charge on any atom is 0.251 e. The van der Waals surface area contributed by atoms with E-state index in [9.17, 15) is 9.59 Å². The highest BCUT2D eigenvalue weighted by Gasteiger charge is 2.38. The number of aryl methyl sites for hydroxylation is 1. The highest BCUT2D eigenvalue weighted by atomic mass is 16.5. The zero-order valence-electron chi connectivity index (χ0n) is 14.6. The fourth-order valence-corrected chi connectivity index (χ4v) is 2.83. The molecule has 1 saturated heterocycles. The largest absolute Gasteiger partial charge is 0.381 e. The second kappa shape index (κ2) is 7.77. The van der Waals surface area contributed by atoms with E-state index in [1.165, 1.54) is 0 Å². The van der Waals surface area contributed by atoms with Crippen LogP contribution in [0.4, 0.5) is 5.69 Å². The van der Waals surface area contributed by atoms with Crippen molar-refractivity contribution >= 4 is 17.5 Å². The van der Waals surface area contributed by atoms with Crippen molar-refractivity contribution in [1.82, 2.24) is 5.32 Å². The average molecular weight is 333 g/mol.